The first-order valence-corrected chi connectivity index (χ1v) is 8.78. The van der Waals surface area contributed by atoms with Gasteiger partial charge in [0.1, 0.15) is 5.75 Å². The predicted octanol–water partition coefficient (Wildman–Crippen LogP) is 2.43. The van der Waals surface area contributed by atoms with Crippen LogP contribution in [0.15, 0.2) is 30.3 Å². The van der Waals surface area contributed by atoms with Crippen molar-refractivity contribution in [1.82, 2.24) is 9.47 Å². The van der Waals surface area contributed by atoms with Gasteiger partial charge in [0.05, 0.1) is 12.8 Å². The van der Waals surface area contributed by atoms with Crippen molar-refractivity contribution in [3.05, 3.63) is 35.9 Å². The van der Waals surface area contributed by atoms with Crippen LogP contribution in [0, 0.1) is 6.92 Å². The molecule has 0 atom stereocenters. The van der Waals surface area contributed by atoms with Gasteiger partial charge in [0, 0.05) is 44.4 Å². The van der Waals surface area contributed by atoms with Gasteiger partial charge in [-0.1, -0.05) is 12.1 Å². The summed E-state index contributed by atoms with van der Waals surface area (Å²) in [7, 11) is 1.71. The van der Waals surface area contributed by atoms with Gasteiger partial charge in [0.15, 0.2) is 11.8 Å². The van der Waals surface area contributed by atoms with Crippen LogP contribution in [0.1, 0.15) is 12.0 Å². The molecule has 0 unspecified atom stereocenters. The molecule has 2 heterocycles. The zero-order valence-electron chi connectivity index (χ0n) is 15.0. The van der Waals surface area contributed by atoms with Crippen molar-refractivity contribution >= 4 is 5.69 Å². The summed E-state index contributed by atoms with van der Waals surface area (Å²) < 4.78 is 7.03. The number of methoxy groups -OCH3 is 1. The molecule has 0 aliphatic carbocycles. The summed E-state index contributed by atoms with van der Waals surface area (Å²) >= 11 is 0. The highest BCUT2D eigenvalue weighted by Crippen LogP contribution is 2.29. The highest BCUT2D eigenvalue weighted by molar-refractivity contribution is 5.58. The second kappa shape index (κ2) is 7.70. The minimum Gasteiger partial charge on any atom is -0.495 e. The quantitative estimate of drug-likeness (QED) is 0.842. The van der Waals surface area contributed by atoms with E-state index in [0.29, 0.717) is 12.1 Å². The fourth-order valence-electron chi connectivity index (χ4n) is 3.43. The van der Waals surface area contributed by atoms with Gasteiger partial charge in [-0.2, -0.15) is 0 Å². The van der Waals surface area contributed by atoms with Gasteiger partial charge in [0.2, 0.25) is 0 Å². The average Bonchev–Trinajstić information content (AvgIpc) is 2.88. The molecule has 0 spiro atoms. The third kappa shape index (κ3) is 3.85. The van der Waals surface area contributed by atoms with Gasteiger partial charge in [0.25, 0.3) is 0 Å². The highest BCUT2D eigenvalue weighted by atomic mass is 16.5. The van der Waals surface area contributed by atoms with Crippen molar-refractivity contribution < 1.29 is 14.9 Å². The van der Waals surface area contributed by atoms with E-state index in [1.54, 1.807) is 24.7 Å². The largest absolute Gasteiger partial charge is 0.495 e. The summed E-state index contributed by atoms with van der Waals surface area (Å²) in [6, 6.07) is 9.74. The van der Waals surface area contributed by atoms with Crippen molar-refractivity contribution in [2.45, 2.75) is 19.9 Å². The van der Waals surface area contributed by atoms with Crippen LogP contribution in [-0.4, -0.2) is 59.5 Å². The van der Waals surface area contributed by atoms with Crippen LogP contribution in [0.25, 0.3) is 0 Å². The average molecular weight is 345 g/mol. The maximum absolute atomic E-state index is 9.94. The number of ether oxygens (including phenoxy) is 1. The lowest BCUT2D eigenvalue weighted by molar-refractivity contribution is 0.245. The molecular formula is C19H27N3O3. The number of rotatable bonds is 6. The Labute approximate surface area is 148 Å². The Kier molecular flexibility index (Phi) is 5.38. The number of hydrogen-bond donors (Lipinski definition) is 2. The Morgan fingerprint density at radius 1 is 1.04 bits per heavy atom. The van der Waals surface area contributed by atoms with Crippen LogP contribution < -0.4 is 9.64 Å². The van der Waals surface area contributed by atoms with Gasteiger partial charge in [-0.15, -0.1) is 0 Å². The third-order valence-electron chi connectivity index (χ3n) is 4.88. The number of aromatic nitrogens is 1. The van der Waals surface area contributed by atoms with E-state index in [0.717, 1.165) is 50.6 Å². The molecule has 0 radical (unpaired) electrons. The van der Waals surface area contributed by atoms with Gasteiger partial charge in [-0.25, -0.2) is 0 Å². The van der Waals surface area contributed by atoms with Gasteiger partial charge in [-0.3, -0.25) is 9.47 Å². The summed E-state index contributed by atoms with van der Waals surface area (Å²) in [5.41, 5.74) is 1.87. The Morgan fingerprint density at radius 3 is 2.40 bits per heavy atom. The second-order valence-electron chi connectivity index (χ2n) is 6.51. The number of benzene rings is 1. The molecule has 0 bridgehead atoms. The molecule has 136 valence electrons. The lowest BCUT2D eigenvalue weighted by atomic mass is 10.2. The number of nitrogens with zero attached hydrogens (tertiary/aromatic N) is 3. The van der Waals surface area contributed by atoms with E-state index < -0.39 is 0 Å². The summed E-state index contributed by atoms with van der Waals surface area (Å²) in [6.07, 6.45) is 0.893. The molecule has 25 heavy (non-hydrogen) atoms. The lowest BCUT2D eigenvalue weighted by Gasteiger charge is -2.36. The molecule has 1 aliphatic rings. The Bertz CT molecular complexity index is 706. The molecule has 3 rings (SSSR count). The number of aryl methyl sites for hydroxylation is 1. The van der Waals surface area contributed by atoms with Crippen LogP contribution in [0.3, 0.4) is 0 Å². The van der Waals surface area contributed by atoms with E-state index in [1.165, 1.54) is 0 Å². The van der Waals surface area contributed by atoms with Crippen molar-refractivity contribution in [2.24, 2.45) is 0 Å². The normalized spacial score (nSPS) is 15.5. The SMILES string of the molecule is COc1ccccc1N1CCN(CCCn2c(O)cc(C)c2O)CC1. The molecule has 1 fully saturated rings. The maximum atomic E-state index is 9.94. The first-order chi connectivity index (χ1) is 12.1. The van der Waals surface area contributed by atoms with E-state index in [9.17, 15) is 10.2 Å². The van der Waals surface area contributed by atoms with E-state index >= 15 is 0 Å². The minimum absolute atomic E-state index is 0.135. The summed E-state index contributed by atoms with van der Waals surface area (Å²) in [6.45, 7) is 7.32. The Hall–Kier alpha value is -2.34. The Balaban J connectivity index is 1.48. The van der Waals surface area contributed by atoms with Crippen molar-refractivity contribution in [1.29, 1.82) is 0 Å². The second-order valence-corrected chi connectivity index (χ2v) is 6.51. The minimum atomic E-state index is 0.135. The summed E-state index contributed by atoms with van der Waals surface area (Å²) in [4.78, 5) is 4.79. The van der Waals surface area contributed by atoms with Crippen LogP contribution >= 0.6 is 0 Å². The molecule has 1 aromatic carbocycles. The van der Waals surface area contributed by atoms with Crippen LogP contribution in [0.5, 0.6) is 17.5 Å². The van der Waals surface area contributed by atoms with E-state index in [1.807, 2.05) is 18.2 Å². The standard InChI is InChI=1S/C19H27N3O3/c1-15-14-18(23)22(19(15)24)9-5-8-20-10-12-21(13-11-20)16-6-3-4-7-17(16)25-2/h3-4,6-7,14,23-24H,5,8-13H2,1-2H3. The molecule has 0 amide bonds. The zero-order valence-corrected chi connectivity index (χ0v) is 15.0. The van der Waals surface area contributed by atoms with Crippen molar-refractivity contribution in [2.75, 3.05) is 44.7 Å². The molecule has 1 aliphatic heterocycles. The fraction of sp³-hybridized carbons (Fsp3) is 0.474. The number of hydrogen-bond acceptors (Lipinski definition) is 5. The van der Waals surface area contributed by atoms with E-state index in [2.05, 4.69) is 15.9 Å². The molecule has 6 nitrogen and oxygen atoms in total. The number of anilines is 1. The van der Waals surface area contributed by atoms with Crippen molar-refractivity contribution in [3.8, 4) is 17.5 Å². The topological polar surface area (TPSA) is 61.1 Å². The smallest absolute Gasteiger partial charge is 0.196 e. The van der Waals surface area contributed by atoms with Crippen LogP contribution in [-0.2, 0) is 6.54 Å². The van der Waals surface area contributed by atoms with Gasteiger partial charge in [-0.05, 0) is 32.0 Å². The predicted molar refractivity (Wildman–Crippen MR) is 98.8 cm³/mol. The summed E-state index contributed by atoms with van der Waals surface area (Å²) in [5.74, 6) is 1.22. The molecule has 2 N–H and O–H groups in total. The molecule has 1 aromatic heterocycles. The zero-order chi connectivity index (χ0) is 17.8. The summed E-state index contributed by atoms with van der Waals surface area (Å²) in [5, 5.41) is 19.8. The third-order valence-corrected chi connectivity index (χ3v) is 4.88. The fourth-order valence-corrected chi connectivity index (χ4v) is 3.43. The van der Waals surface area contributed by atoms with E-state index in [4.69, 9.17) is 4.74 Å². The number of piperazine rings is 1. The molecule has 2 aromatic rings. The molecule has 6 heteroatoms. The first-order valence-electron chi connectivity index (χ1n) is 8.78. The highest BCUT2D eigenvalue weighted by Gasteiger charge is 2.19. The molecule has 0 saturated carbocycles. The molecular weight excluding hydrogens is 318 g/mol. The number of aromatic hydroxyl groups is 2. The lowest BCUT2D eigenvalue weighted by Crippen LogP contribution is -2.46. The number of para-hydroxylation sites is 2. The monoisotopic (exact) mass is 345 g/mol. The van der Waals surface area contributed by atoms with E-state index in [-0.39, 0.29) is 11.8 Å². The van der Waals surface area contributed by atoms with Gasteiger partial charge < -0.3 is 19.8 Å². The first kappa shape index (κ1) is 17.5. The van der Waals surface area contributed by atoms with Crippen molar-refractivity contribution in [3.63, 3.8) is 0 Å². The Morgan fingerprint density at radius 2 is 1.76 bits per heavy atom. The van der Waals surface area contributed by atoms with Gasteiger partial charge >= 0.3 is 0 Å². The van der Waals surface area contributed by atoms with Crippen LogP contribution in [0.2, 0.25) is 0 Å². The maximum Gasteiger partial charge on any atom is 0.196 e. The molecule has 1 saturated heterocycles. The van der Waals surface area contributed by atoms with Crippen LogP contribution in [0.4, 0.5) is 5.69 Å².